The third-order valence-corrected chi connectivity index (χ3v) is 4.04. The van der Waals surface area contributed by atoms with E-state index in [1.165, 1.54) is 5.56 Å². The number of alkyl halides is 3. The lowest BCUT2D eigenvalue weighted by molar-refractivity contribution is -0.153. The fourth-order valence-corrected chi connectivity index (χ4v) is 2.73. The van der Waals surface area contributed by atoms with Crippen molar-refractivity contribution < 1.29 is 17.9 Å². The van der Waals surface area contributed by atoms with Crippen molar-refractivity contribution in [2.45, 2.75) is 18.8 Å². The second-order valence-corrected chi connectivity index (χ2v) is 6.18. The molecule has 7 heteroatoms. The van der Waals surface area contributed by atoms with Gasteiger partial charge in [0.25, 0.3) is 0 Å². The Morgan fingerprint density at radius 2 is 1.81 bits per heavy atom. The van der Waals surface area contributed by atoms with Crippen LogP contribution in [0.3, 0.4) is 0 Å². The smallest absolute Gasteiger partial charge is 0.422 e. The van der Waals surface area contributed by atoms with Gasteiger partial charge in [0.1, 0.15) is 5.75 Å². The molecular weight excluding hydrogens is 343 g/mol. The standard InChI is InChI=1S/C19H20F3N3O/c1-25(18-23-11-17(24-18)15-5-3-2-4-6-15)12-14-7-9-16(10-8-14)26-13-19(20,21)22/h2-10,17H,11-13H2,1H3,(H,23,24). The molecule has 0 saturated heterocycles. The van der Waals surface area contributed by atoms with Gasteiger partial charge in [-0.3, -0.25) is 4.99 Å². The predicted molar refractivity (Wildman–Crippen MR) is 94.1 cm³/mol. The highest BCUT2D eigenvalue weighted by atomic mass is 19.4. The number of guanidine groups is 1. The summed E-state index contributed by atoms with van der Waals surface area (Å²) in [5, 5.41) is 3.40. The molecule has 0 radical (unpaired) electrons. The Bertz CT molecular complexity index is 745. The van der Waals surface area contributed by atoms with Crippen LogP contribution in [0.4, 0.5) is 13.2 Å². The summed E-state index contributed by atoms with van der Waals surface area (Å²) < 4.78 is 41.2. The minimum atomic E-state index is -4.33. The number of ether oxygens (including phenoxy) is 1. The first-order chi connectivity index (χ1) is 12.4. The number of aliphatic imine (C=N–C) groups is 1. The van der Waals surface area contributed by atoms with Crippen molar-refractivity contribution in [1.29, 1.82) is 0 Å². The Morgan fingerprint density at radius 3 is 2.46 bits per heavy atom. The monoisotopic (exact) mass is 363 g/mol. The second kappa shape index (κ2) is 7.68. The van der Waals surface area contributed by atoms with Gasteiger partial charge in [-0.1, -0.05) is 42.5 Å². The average Bonchev–Trinajstić information content (AvgIpc) is 3.11. The Hall–Kier alpha value is -2.70. The molecule has 2 aromatic rings. The normalized spacial score (nSPS) is 16.8. The van der Waals surface area contributed by atoms with Crippen LogP contribution in [0, 0.1) is 0 Å². The van der Waals surface area contributed by atoms with Crippen molar-refractivity contribution in [3.63, 3.8) is 0 Å². The molecule has 1 atom stereocenters. The van der Waals surface area contributed by atoms with E-state index in [2.05, 4.69) is 22.4 Å². The Balaban J connectivity index is 1.53. The SMILES string of the molecule is CN(Cc1ccc(OCC(F)(F)F)cc1)C1=NCC(c2ccccc2)N1. The molecular formula is C19H20F3N3O. The maximum absolute atomic E-state index is 12.2. The summed E-state index contributed by atoms with van der Waals surface area (Å²) in [6, 6.07) is 16.9. The summed E-state index contributed by atoms with van der Waals surface area (Å²) in [5.74, 6) is 1.01. The molecule has 0 bridgehead atoms. The van der Waals surface area contributed by atoms with Crippen molar-refractivity contribution in [1.82, 2.24) is 10.2 Å². The summed E-state index contributed by atoms with van der Waals surface area (Å²) in [5.41, 5.74) is 2.14. The van der Waals surface area contributed by atoms with Gasteiger partial charge in [-0.2, -0.15) is 13.2 Å². The summed E-state index contributed by atoms with van der Waals surface area (Å²) in [6.07, 6.45) is -4.33. The first-order valence-corrected chi connectivity index (χ1v) is 8.26. The van der Waals surface area contributed by atoms with Crippen LogP contribution >= 0.6 is 0 Å². The zero-order valence-electron chi connectivity index (χ0n) is 14.3. The molecule has 2 aromatic carbocycles. The van der Waals surface area contributed by atoms with E-state index in [-0.39, 0.29) is 11.8 Å². The summed E-state index contributed by atoms with van der Waals surface area (Å²) in [4.78, 5) is 6.53. The molecule has 3 rings (SSSR count). The van der Waals surface area contributed by atoms with Crippen molar-refractivity contribution >= 4 is 5.96 Å². The maximum Gasteiger partial charge on any atom is 0.422 e. The highest BCUT2D eigenvalue weighted by molar-refractivity contribution is 5.82. The van der Waals surface area contributed by atoms with Crippen LogP contribution in [0.25, 0.3) is 0 Å². The van der Waals surface area contributed by atoms with Gasteiger partial charge in [-0.25, -0.2) is 0 Å². The quantitative estimate of drug-likeness (QED) is 0.879. The van der Waals surface area contributed by atoms with Crippen molar-refractivity contribution in [2.24, 2.45) is 4.99 Å². The lowest BCUT2D eigenvalue weighted by atomic mass is 10.1. The van der Waals surface area contributed by atoms with Crippen LogP contribution in [-0.4, -0.2) is 37.2 Å². The summed E-state index contributed by atoms with van der Waals surface area (Å²) in [6.45, 7) is -0.0192. The van der Waals surface area contributed by atoms with Crippen LogP contribution < -0.4 is 10.1 Å². The molecule has 1 unspecified atom stereocenters. The number of rotatable bonds is 5. The van der Waals surface area contributed by atoms with E-state index in [1.807, 2.05) is 30.1 Å². The van der Waals surface area contributed by atoms with Gasteiger partial charge in [-0.05, 0) is 23.3 Å². The highest BCUT2D eigenvalue weighted by Gasteiger charge is 2.28. The van der Waals surface area contributed by atoms with E-state index in [0.29, 0.717) is 13.1 Å². The molecule has 0 spiro atoms. The molecule has 1 aliphatic rings. The van der Waals surface area contributed by atoms with E-state index in [1.54, 1.807) is 24.3 Å². The second-order valence-electron chi connectivity index (χ2n) is 6.18. The fourth-order valence-electron chi connectivity index (χ4n) is 2.73. The van der Waals surface area contributed by atoms with E-state index in [0.717, 1.165) is 11.5 Å². The first-order valence-electron chi connectivity index (χ1n) is 8.26. The van der Waals surface area contributed by atoms with E-state index in [9.17, 15) is 13.2 Å². The van der Waals surface area contributed by atoms with Crippen LogP contribution in [0.2, 0.25) is 0 Å². The number of nitrogens with one attached hydrogen (secondary N) is 1. The van der Waals surface area contributed by atoms with Gasteiger partial charge < -0.3 is 15.0 Å². The molecule has 1 N–H and O–H groups in total. The Kier molecular flexibility index (Phi) is 5.35. The van der Waals surface area contributed by atoms with Gasteiger partial charge >= 0.3 is 6.18 Å². The van der Waals surface area contributed by atoms with Crippen LogP contribution in [0.5, 0.6) is 5.75 Å². The summed E-state index contributed by atoms with van der Waals surface area (Å²) in [7, 11) is 1.92. The maximum atomic E-state index is 12.2. The number of benzene rings is 2. The summed E-state index contributed by atoms with van der Waals surface area (Å²) >= 11 is 0. The molecule has 0 fully saturated rings. The molecule has 4 nitrogen and oxygen atoms in total. The fraction of sp³-hybridized carbons (Fsp3) is 0.316. The molecule has 138 valence electrons. The Labute approximate surface area is 150 Å². The number of hydrogen-bond donors (Lipinski definition) is 1. The predicted octanol–water partition coefficient (Wildman–Crippen LogP) is 3.76. The van der Waals surface area contributed by atoms with Gasteiger partial charge in [0.2, 0.25) is 0 Å². The van der Waals surface area contributed by atoms with Gasteiger partial charge in [0.05, 0.1) is 12.6 Å². The molecule has 1 aliphatic heterocycles. The zero-order chi connectivity index (χ0) is 18.6. The average molecular weight is 363 g/mol. The third kappa shape index (κ3) is 4.91. The lowest BCUT2D eigenvalue weighted by Crippen LogP contribution is -2.36. The lowest BCUT2D eigenvalue weighted by Gasteiger charge is -2.21. The largest absolute Gasteiger partial charge is 0.484 e. The van der Waals surface area contributed by atoms with Gasteiger partial charge in [0.15, 0.2) is 12.6 Å². The molecule has 0 amide bonds. The van der Waals surface area contributed by atoms with Crippen LogP contribution in [-0.2, 0) is 6.54 Å². The molecule has 26 heavy (non-hydrogen) atoms. The molecule has 0 saturated carbocycles. The van der Waals surface area contributed by atoms with E-state index >= 15 is 0 Å². The first kappa shape index (κ1) is 18.1. The van der Waals surface area contributed by atoms with E-state index in [4.69, 9.17) is 4.74 Å². The van der Waals surface area contributed by atoms with Crippen LogP contribution in [0.1, 0.15) is 17.2 Å². The molecule has 0 aromatic heterocycles. The minimum Gasteiger partial charge on any atom is -0.484 e. The third-order valence-electron chi connectivity index (χ3n) is 4.04. The number of nitrogens with zero attached hydrogens (tertiary/aromatic N) is 2. The topological polar surface area (TPSA) is 36.9 Å². The van der Waals surface area contributed by atoms with Crippen molar-refractivity contribution in [3.05, 3.63) is 65.7 Å². The van der Waals surface area contributed by atoms with Crippen molar-refractivity contribution in [3.8, 4) is 5.75 Å². The van der Waals surface area contributed by atoms with E-state index < -0.39 is 12.8 Å². The number of hydrogen-bond acceptors (Lipinski definition) is 4. The van der Waals surface area contributed by atoms with Crippen LogP contribution in [0.15, 0.2) is 59.6 Å². The zero-order valence-corrected chi connectivity index (χ0v) is 14.3. The van der Waals surface area contributed by atoms with Crippen molar-refractivity contribution in [2.75, 3.05) is 20.2 Å². The molecule has 0 aliphatic carbocycles. The van der Waals surface area contributed by atoms with Gasteiger partial charge in [0, 0.05) is 13.6 Å². The number of halogens is 3. The highest BCUT2D eigenvalue weighted by Crippen LogP contribution is 2.20. The minimum absolute atomic E-state index is 0.159. The molecule has 1 heterocycles. The Morgan fingerprint density at radius 1 is 1.12 bits per heavy atom. The van der Waals surface area contributed by atoms with Gasteiger partial charge in [-0.15, -0.1) is 0 Å².